The van der Waals surface area contributed by atoms with E-state index in [1.54, 1.807) is 18.2 Å². The van der Waals surface area contributed by atoms with E-state index >= 15 is 0 Å². The number of rotatable bonds is 1. The summed E-state index contributed by atoms with van der Waals surface area (Å²) in [5.41, 5.74) is 0.848. The fraction of sp³-hybridized carbons (Fsp3) is 0.0909. The Hall–Kier alpha value is -2.01. The number of ether oxygens (including phenoxy) is 2. The number of aromatic carboxylic acids is 1. The molecular formula is C11H8ClNO4. The van der Waals surface area contributed by atoms with Crippen LogP contribution in [0.5, 0.6) is 11.5 Å². The van der Waals surface area contributed by atoms with Crippen LogP contribution in [0.15, 0.2) is 24.4 Å². The van der Waals surface area contributed by atoms with E-state index in [4.69, 9.17) is 14.6 Å². The standard InChI is InChI=1S/C11H7NO4.ClH/c13-11(14)7-1-6-2-9-10(16-5-15-9)3-8(6)12-4-7;/h1-4H,5H2,(H,13,14);1H. The number of hydrogen-bond acceptors (Lipinski definition) is 4. The molecule has 1 aromatic carbocycles. The lowest BCUT2D eigenvalue weighted by molar-refractivity contribution is 0.0696. The average Bonchev–Trinajstić information content (AvgIpc) is 2.71. The predicted molar refractivity (Wildman–Crippen MR) is 62.1 cm³/mol. The smallest absolute Gasteiger partial charge is 0.337 e. The number of pyridine rings is 1. The molecule has 88 valence electrons. The van der Waals surface area contributed by atoms with Crippen molar-refractivity contribution in [2.24, 2.45) is 0 Å². The molecule has 0 fully saturated rings. The molecule has 0 atom stereocenters. The van der Waals surface area contributed by atoms with Gasteiger partial charge in [0.2, 0.25) is 6.79 Å². The number of fused-ring (bicyclic) bond motifs is 2. The summed E-state index contributed by atoms with van der Waals surface area (Å²) in [6.07, 6.45) is 1.33. The number of halogens is 1. The molecule has 0 amide bonds. The van der Waals surface area contributed by atoms with Crippen LogP contribution < -0.4 is 9.47 Å². The van der Waals surface area contributed by atoms with Gasteiger partial charge in [0.05, 0.1) is 11.1 Å². The van der Waals surface area contributed by atoms with Crippen molar-refractivity contribution in [2.75, 3.05) is 6.79 Å². The van der Waals surface area contributed by atoms with Crippen LogP contribution in [0.1, 0.15) is 10.4 Å². The van der Waals surface area contributed by atoms with Gasteiger partial charge in [-0.1, -0.05) is 0 Å². The first-order chi connectivity index (χ1) is 7.74. The highest BCUT2D eigenvalue weighted by Crippen LogP contribution is 2.35. The largest absolute Gasteiger partial charge is 0.478 e. The third-order valence-electron chi connectivity index (χ3n) is 2.42. The molecule has 0 radical (unpaired) electrons. The van der Waals surface area contributed by atoms with E-state index in [1.165, 1.54) is 6.20 Å². The molecule has 1 aromatic heterocycles. The van der Waals surface area contributed by atoms with Crippen LogP contribution in [0, 0.1) is 0 Å². The van der Waals surface area contributed by atoms with Crippen LogP contribution in [0.25, 0.3) is 10.9 Å². The minimum Gasteiger partial charge on any atom is -0.478 e. The van der Waals surface area contributed by atoms with Crippen LogP contribution in [0.4, 0.5) is 0 Å². The number of carboxylic acid groups (broad SMARTS) is 1. The van der Waals surface area contributed by atoms with Crippen molar-refractivity contribution in [3.63, 3.8) is 0 Å². The van der Waals surface area contributed by atoms with E-state index in [-0.39, 0.29) is 24.8 Å². The van der Waals surface area contributed by atoms with Gasteiger partial charge in [0, 0.05) is 17.6 Å². The molecule has 0 aliphatic carbocycles. The molecular weight excluding hydrogens is 246 g/mol. The first-order valence-corrected chi connectivity index (χ1v) is 4.67. The number of nitrogens with zero attached hydrogens (tertiary/aromatic N) is 1. The van der Waals surface area contributed by atoms with E-state index in [2.05, 4.69) is 4.98 Å². The molecule has 0 spiro atoms. The Morgan fingerprint density at radius 1 is 1.24 bits per heavy atom. The lowest BCUT2D eigenvalue weighted by Gasteiger charge is -2.01. The summed E-state index contributed by atoms with van der Waals surface area (Å²) < 4.78 is 10.4. The number of carboxylic acids is 1. The van der Waals surface area contributed by atoms with Crippen LogP contribution in [0.3, 0.4) is 0 Å². The number of hydrogen-bond donors (Lipinski definition) is 1. The zero-order chi connectivity index (χ0) is 11.1. The second-order valence-electron chi connectivity index (χ2n) is 3.43. The molecule has 1 aliphatic heterocycles. The summed E-state index contributed by atoms with van der Waals surface area (Å²) in [5.74, 6) is 0.270. The van der Waals surface area contributed by atoms with Gasteiger partial charge in [0.25, 0.3) is 0 Å². The molecule has 17 heavy (non-hydrogen) atoms. The van der Waals surface area contributed by atoms with Crippen LogP contribution >= 0.6 is 12.4 Å². The number of benzene rings is 1. The normalized spacial score (nSPS) is 12.2. The maximum atomic E-state index is 10.8. The quantitative estimate of drug-likeness (QED) is 0.843. The van der Waals surface area contributed by atoms with Crippen molar-refractivity contribution >= 4 is 29.3 Å². The van der Waals surface area contributed by atoms with Gasteiger partial charge < -0.3 is 14.6 Å². The summed E-state index contributed by atoms with van der Waals surface area (Å²) in [4.78, 5) is 14.8. The van der Waals surface area contributed by atoms with Gasteiger partial charge >= 0.3 is 5.97 Å². The highest BCUT2D eigenvalue weighted by Gasteiger charge is 2.15. The Balaban J connectivity index is 0.00000108. The molecule has 1 N–H and O–H groups in total. The van der Waals surface area contributed by atoms with Crippen molar-refractivity contribution in [1.29, 1.82) is 0 Å². The van der Waals surface area contributed by atoms with Gasteiger partial charge in [-0.25, -0.2) is 4.79 Å². The Morgan fingerprint density at radius 3 is 2.65 bits per heavy atom. The minimum absolute atomic E-state index is 0. The Kier molecular flexibility index (Phi) is 2.77. The molecule has 0 bridgehead atoms. The fourth-order valence-electron chi connectivity index (χ4n) is 1.64. The van der Waals surface area contributed by atoms with Gasteiger partial charge in [0.1, 0.15) is 0 Å². The van der Waals surface area contributed by atoms with Crippen LogP contribution in [-0.2, 0) is 0 Å². The zero-order valence-electron chi connectivity index (χ0n) is 8.54. The monoisotopic (exact) mass is 253 g/mol. The Morgan fingerprint density at radius 2 is 1.94 bits per heavy atom. The summed E-state index contributed by atoms with van der Waals surface area (Å²) >= 11 is 0. The number of aromatic nitrogens is 1. The third kappa shape index (κ3) is 1.85. The molecule has 3 rings (SSSR count). The lowest BCUT2D eigenvalue weighted by atomic mass is 10.1. The summed E-state index contributed by atoms with van der Waals surface area (Å²) in [7, 11) is 0. The molecule has 5 nitrogen and oxygen atoms in total. The van der Waals surface area contributed by atoms with Gasteiger partial charge in [-0.15, -0.1) is 12.4 Å². The van der Waals surface area contributed by atoms with E-state index in [1.807, 2.05) is 0 Å². The lowest BCUT2D eigenvalue weighted by Crippen LogP contribution is -1.96. The molecule has 0 saturated carbocycles. The molecule has 1 aliphatic rings. The van der Waals surface area contributed by atoms with Gasteiger partial charge in [0.15, 0.2) is 11.5 Å². The van der Waals surface area contributed by atoms with Gasteiger partial charge in [-0.3, -0.25) is 4.98 Å². The van der Waals surface area contributed by atoms with Gasteiger partial charge in [-0.2, -0.15) is 0 Å². The van der Waals surface area contributed by atoms with Crippen molar-refractivity contribution in [3.8, 4) is 11.5 Å². The van der Waals surface area contributed by atoms with Crippen molar-refractivity contribution in [2.45, 2.75) is 0 Å². The molecule has 0 saturated heterocycles. The SMILES string of the molecule is Cl.O=C(O)c1cnc2cc3c(cc2c1)OCO3. The van der Waals surface area contributed by atoms with Gasteiger partial charge in [-0.05, 0) is 12.1 Å². The summed E-state index contributed by atoms with van der Waals surface area (Å²) in [5, 5.41) is 9.57. The number of carbonyl (C=O) groups is 1. The second-order valence-corrected chi connectivity index (χ2v) is 3.43. The maximum absolute atomic E-state index is 10.8. The highest BCUT2D eigenvalue weighted by molar-refractivity contribution is 5.93. The summed E-state index contributed by atoms with van der Waals surface area (Å²) in [6, 6.07) is 5.03. The van der Waals surface area contributed by atoms with E-state index < -0.39 is 5.97 Å². The highest BCUT2D eigenvalue weighted by atomic mass is 35.5. The Labute approximate surface area is 102 Å². The first-order valence-electron chi connectivity index (χ1n) is 4.67. The predicted octanol–water partition coefficient (Wildman–Crippen LogP) is 2.08. The van der Waals surface area contributed by atoms with Crippen LogP contribution in [-0.4, -0.2) is 22.9 Å². The van der Waals surface area contributed by atoms with Crippen molar-refractivity contribution in [3.05, 3.63) is 30.0 Å². The second kappa shape index (κ2) is 4.10. The minimum atomic E-state index is -0.993. The van der Waals surface area contributed by atoms with Crippen molar-refractivity contribution < 1.29 is 19.4 Å². The topological polar surface area (TPSA) is 68.7 Å². The molecule has 6 heteroatoms. The first kappa shape index (κ1) is 11.5. The fourth-order valence-corrected chi connectivity index (χ4v) is 1.64. The molecule has 0 unspecified atom stereocenters. The van der Waals surface area contributed by atoms with E-state index in [0.29, 0.717) is 17.0 Å². The van der Waals surface area contributed by atoms with Crippen LogP contribution in [0.2, 0.25) is 0 Å². The Bertz CT molecular complexity index is 599. The summed E-state index contributed by atoms with van der Waals surface area (Å²) in [6.45, 7) is 0.192. The zero-order valence-corrected chi connectivity index (χ0v) is 9.36. The molecule has 2 aromatic rings. The van der Waals surface area contributed by atoms with E-state index in [9.17, 15) is 4.79 Å². The van der Waals surface area contributed by atoms with Crippen molar-refractivity contribution in [1.82, 2.24) is 4.98 Å². The van der Waals surface area contributed by atoms with E-state index in [0.717, 1.165) is 5.39 Å². The average molecular weight is 254 g/mol. The molecule has 2 heterocycles. The maximum Gasteiger partial charge on any atom is 0.337 e. The third-order valence-corrected chi connectivity index (χ3v) is 2.42.